The van der Waals surface area contributed by atoms with Crippen LogP contribution in [0.4, 0.5) is 18.0 Å². The lowest BCUT2D eigenvalue weighted by Crippen LogP contribution is -2.72. The predicted octanol–water partition coefficient (Wildman–Crippen LogP) is 3.44. The number of amides is 2. The first-order valence-electron chi connectivity index (χ1n) is 7.86. The van der Waals surface area contributed by atoms with E-state index in [-0.39, 0.29) is 16.1 Å². The summed E-state index contributed by atoms with van der Waals surface area (Å²) in [6.45, 7) is 0. The van der Waals surface area contributed by atoms with Gasteiger partial charge in [0.2, 0.25) is 5.72 Å². The highest BCUT2D eigenvalue weighted by Gasteiger charge is 2.66. The van der Waals surface area contributed by atoms with Crippen molar-refractivity contribution >= 4 is 23.4 Å². The highest BCUT2D eigenvalue weighted by molar-refractivity contribution is 6.30. The number of carbonyl (C=O) groups excluding carboxylic acids is 2. The Balaban J connectivity index is 2.17. The monoisotopic (exact) mass is 398 g/mol. The van der Waals surface area contributed by atoms with Crippen LogP contribution in [0.25, 0.3) is 0 Å². The van der Waals surface area contributed by atoms with Gasteiger partial charge in [-0.05, 0) is 17.7 Å². The number of urea groups is 1. The molecule has 0 radical (unpaired) electrons. The van der Waals surface area contributed by atoms with E-state index in [1.807, 2.05) is 0 Å². The molecule has 3 atom stereocenters. The Morgan fingerprint density at radius 3 is 2.37 bits per heavy atom. The van der Waals surface area contributed by atoms with Gasteiger partial charge in [-0.2, -0.15) is 13.2 Å². The SMILES string of the molecule is O=C1N[C@@H](c2cccc(Cl)c2)[C@H](C(=O)c2ccccc2)[C@@](O)(C(F)(F)F)N1. The second kappa shape index (κ2) is 6.86. The fourth-order valence-electron chi connectivity index (χ4n) is 3.10. The lowest BCUT2D eigenvalue weighted by Gasteiger charge is -2.45. The normalized spacial score (nSPS) is 25.4. The van der Waals surface area contributed by atoms with Gasteiger partial charge in [0.05, 0.1) is 6.04 Å². The van der Waals surface area contributed by atoms with Crippen molar-refractivity contribution in [1.82, 2.24) is 10.6 Å². The summed E-state index contributed by atoms with van der Waals surface area (Å²) in [5.74, 6) is -3.05. The summed E-state index contributed by atoms with van der Waals surface area (Å²) in [5.41, 5.74) is -3.63. The lowest BCUT2D eigenvalue weighted by molar-refractivity contribution is -0.287. The number of aliphatic hydroxyl groups is 1. The molecule has 0 bridgehead atoms. The number of alkyl halides is 3. The van der Waals surface area contributed by atoms with Crippen LogP contribution in [0.1, 0.15) is 22.0 Å². The largest absolute Gasteiger partial charge is 0.437 e. The third kappa shape index (κ3) is 3.50. The maximum atomic E-state index is 13.7. The molecule has 0 unspecified atom stereocenters. The van der Waals surface area contributed by atoms with Crippen LogP contribution in [0, 0.1) is 5.92 Å². The number of halogens is 4. The minimum Gasteiger partial charge on any atom is -0.363 e. The van der Waals surface area contributed by atoms with Gasteiger partial charge in [-0.1, -0.05) is 54.1 Å². The molecule has 3 rings (SSSR count). The van der Waals surface area contributed by atoms with Crippen molar-refractivity contribution < 1.29 is 27.9 Å². The Bertz CT molecular complexity index is 876. The molecule has 5 nitrogen and oxygen atoms in total. The van der Waals surface area contributed by atoms with Crippen molar-refractivity contribution in [3.05, 3.63) is 70.7 Å². The Morgan fingerprint density at radius 2 is 1.78 bits per heavy atom. The van der Waals surface area contributed by atoms with Crippen LogP contribution in [0.2, 0.25) is 5.02 Å². The smallest absolute Gasteiger partial charge is 0.363 e. The van der Waals surface area contributed by atoms with Gasteiger partial charge < -0.3 is 15.7 Å². The van der Waals surface area contributed by atoms with Crippen LogP contribution < -0.4 is 10.6 Å². The lowest BCUT2D eigenvalue weighted by atomic mass is 9.77. The molecule has 2 aromatic carbocycles. The van der Waals surface area contributed by atoms with Crippen molar-refractivity contribution in [3.63, 3.8) is 0 Å². The number of nitrogens with one attached hydrogen (secondary N) is 2. The van der Waals surface area contributed by atoms with Gasteiger partial charge in [0.25, 0.3) is 0 Å². The Labute approximate surface area is 157 Å². The second-order valence-electron chi connectivity index (χ2n) is 6.10. The molecule has 2 aromatic rings. The molecule has 1 fully saturated rings. The number of ketones is 1. The third-order valence-electron chi connectivity index (χ3n) is 4.35. The van der Waals surface area contributed by atoms with Gasteiger partial charge in [0, 0.05) is 10.6 Å². The number of hydrogen-bond donors (Lipinski definition) is 3. The van der Waals surface area contributed by atoms with E-state index in [2.05, 4.69) is 5.32 Å². The highest BCUT2D eigenvalue weighted by Crippen LogP contribution is 2.44. The zero-order valence-corrected chi connectivity index (χ0v) is 14.4. The average molecular weight is 399 g/mol. The standard InChI is InChI=1S/C18H14ClF3N2O3/c19-12-8-4-7-11(9-12)14-13(15(25)10-5-2-1-3-6-10)17(27,18(20,21)22)24-16(26)23-14/h1-9,13-14,27H,(H2,23,24,26)/t13-,14+,17-/m1/s1. The van der Waals surface area contributed by atoms with Gasteiger partial charge in [0.1, 0.15) is 5.92 Å². The number of carbonyl (C=O) groups is 2. The molecule has 1 aliphatic heterocycles. The van der Waals surface area contributed by atoms with Gasteiger partial charge in [-0.15, -0.1) is 0 Å². The highest BCUT2D eigenvalue weighted by atomic mass is 35.5. The zero-order chi connectivity index (χ0) is 19.8. The fourth-order valence-corrected chi connectivity index (χ4v) is 3.30. The summed E-state index contributed by atoms with van der Waals surface area (Å²) in [5, 5.41) is 14.4. The predicted molar refractivity (Wildman–Crippen MR) is 91.1 cm³/mol. The molecule has 1 saturated heterocycles. The van der Waals surface area contributed by atoms with Crippen molar-refractivity contribution in [2.45, 2.75) is 17.9 Å². The Morgan fingerprint density at radius 1 is 1.11 bits per heavy atom. The van der Waals surface area contributed by atoms with Crippen LogP contribution in [0.3, 0.4) is 0 Å². The molecule has 142 valence electrons. The number of rotatable bonds is 3. The zero-order valence-electron chi connectivity index (χ0n) is 13.6. The minimum atomic E-state index is -5.29. The van der Waals surface area contributed by atoms with Crippen molar-refractivity contribution in [3.8, 4) is 0 Å². The van der Waals surface area contributed by atoms with Crippen molar-refractivity contribution in [2.24, 2.45) is 5.92 Å². The summed E-state index contributed by atoms with van der Waals surface area (Å²) in [4.78, 5) is 24.8. The fraction of sp³-hybridized carbons (Fsp3) is 0.222. The van der Waals surface area contributed by atoms with E-state index in [4.69, 9.17) is 11.6 Å². The van der Waals surface area contributed by atoms with E-state index < -0.39 is 35.7 Å². The molecular formula is C18H14ClF3N2O3. The molecule has 0 aliphatic carbocycles. The topological polar surface area (TPSA) is 78.4 Å². The van der Waals surface area contributed by atoms with Crippen LogP contribution in [0.15, 0.2) is 54.6 Å². The first-order valence-corrected chi connectivity index (χ1v) is 8.24. The Kier molecular flexibility index (Phi) is 4.88. The quantitative estimate of drug-likeness (QED) is 0.693. The first kappa shape index (κ1) is 19.2. The molecule has 0 spiro atoms. The summed E-state index contributed by atoms with van der Waals surface area (Å²) in [6.07, 6.45) is -5.29. The van der Waals surface area contributed by atoms with E-state index in [9.17, 15) is 27.9 Å². The van der Waals surface area contributed by atoms with Gasteiger partial charge in [0.15, 0.2) is 5.78 Å². The summed E-state index contributed by atoms with van der Waals surface area (Å²) < 4.78 is 41.2. The molecule has 9 heteroatoms. The molecule has 2 amide bonds. The summed E-state index contributed by atoms with van der Waals surface area (Å²) in [7, 11) is 0. The Hall–Kier alpha value is -2.58. The molecule has 0 saturated carbocycles. The van der Waals surface area contributed by atoms with Crippen molar-refractivity contribution in [2.75, 3.05) is 0 Å². The third-order valence-corrected chi connectivity index (χ3v) is 4.59. The first-order chi connectivity index (χ1) is 12.6. The van der Waals surface area contributed by atoms with Gasteiger partial charge >= 0.3 is 12.2 Å². The molecule has 1 heterocycles. The summed E-state index contributed by atoms with van der Waals surface area (Å²) >= 11 is 5.91. The second-order valence-corrected chi connectivity index (χ2v) is 6.54. The van der Waals surface area contributed by atoms with Crippen LogP contribution >= 0.6 is 11.6 Å². The van der Waals surface area contributed by atoms with Gasteiger partial charge in [-0.3, -0.25) is 4.79 Å². The van der Waals surface area contributed by atoms with Crippen LogP contribution in [-0.4, -0.2) is 28.8 Å². The van der Waals surface area contributed by atoms with E-state index in [1.54, 1.807) is 6.07 Å². The molecular weight excluding hydrogens is 385 g/mol. The van der Waals surface area contributed by atoms with Crippen molar-refractivity contribution in [1.29, 1.82) is 0 Å². The van der Waals surface area contributed by atoms with Crippen LogP contribution in [-0.2, 0) is 0 Å². The molecule has 0 aromatic heterocycles. The number of hydrogen-bond acceptors (Lipinski definition) is 3. The van der Waals surface area contributed by atoms with E-state index >= 15 is 0 Å². The molecule has 1 aliphatic rings. The maximum Gasteiger partial charge on any atom is 0.437 e. The van der Waals surface area contributed by atoms with E-state index in [0.717, 1.165) is 0 Å². The van der Waals surface area contributed by atoms with E-state index in [1.165, 1.54) is 53.8 Å². The van der Waals surface area contributed by atoms with E-state index in [0.29, 0.717) is 0 Å². The number of Topliss-reactive ketones (excluding diaryl/α,β-unsaturated/α-hetero) is 1. The molecule has 3 N–H and O–H groups in total. The van der Waals surface area contributed by atoms with Gasteiger partial charge in [-0.25, -0.2) is 4.79 Å². The average Bonchev–Trinajstić information content (AvgIpc) is 2.60. The summed E-state index contributed by atoms with van der Waals surface area (Å²) in [6, 6.07) is 10.3. The molecule has 27 heavy (non-hydrogen) atoms. The maximum absolute atomic E-state index is 13.7. The number of benzene rings is 2. The van der Waals surface area contributed by atoms with Crippen LogP contribution in [0.5, 0.6) is 0 Å². The minimum absolute atomic E-state index is 0.0323.